The number of hydrogen-bond acceptors (Lipinski definition) is 3. The lowest BCUT2D eigenvalue weighted by molar-refractivity contribution is -0.914. The van der Waals surface area contributed by atoms with Crippen LogP contribution in [0.2, 0.25) is 0 Å². The van der Waals surface area contributed by atoms with Crippen molar-refractivity contribution in [3.8, 4) is 0 Å². The molecule has 1 aliphatic rings. The molecule has 0 radical (unpaired) electrons. The van der Waals surface area contributed by atoms with Gasteiger partial charge >= 0.3 is 0 Å². The monoisotopic (exact) mass is 370 g/mol. The first-order chi connectivity index (χ1) is 12.9. The standard InChI is InChI=1S/C21H24FN3O2/c1-15(21(27)23-19-7-5-18(22)6-8-19)24-11-13-25(14-12-24)20-9-3-17(4-10-20)16(2)26/h3-10,15H,11-14H2,1-2H3,(H,23,27)/p+1/t15-/m1/s1. The second-order valence-corrected chi connectivity index (χ2v) is 6.97. The normalized spacial score (nSPS) is 16.0. The summed E-state index contributed by atoms with van der Waals surface area (Å²) in [7, 11) is 0. The molecule has 1 amide bonds. The highest BCUT2D eigenvalue weighted by atomic mass is 19.1. The summed E-state index contributed by atoms with van der Waals surface area (Å²) in [4.78, 5) is 27.4. The number of carbonyl (C=O) groups is 2. The second-order valence-electron chi connectivity index (χ2n) is 6.97. The predicted octanol–water partition coefficient (Wildman–Crippen LogP) is 1.76. The Kier molecular flexibility index (Phi) is 5.86. The van der Waals surface area contributed by atoms with Crippen molar-refractivity contribution in [2.24, 2.45) is 0 Å². The Morgan fingerprint density at radius 3 is 2.19 bits per heavy atom. The van der Waals surface area contributed by atoms with Crippen LogP contribution in [0, 0.1) is 5.82 Å². The molecular weight excluding hydrogens is 345 g/mol. The fraction of sp³-hybridized carbons (Fsp3) is 0.333. The number of benzene rings is 2. The molecule has 0 aromatic heterocycles. The zero-order chi connectivity index (χ0) is 19.4. The number of ketones is 1. The number of quaternary nitrogens is 1. The highest BCUT2D eigenvalue weighted by Gasteiger charge is 2.29. The van der Waals surface area contributed by atoms with Crippen LogP contribution in [-0.4, -0.2) is 43.9 Å². The molecule has 0 bridgehead atoms. The molecule has 0 saturated carbocycles. The lowest BCUT2D eigenvalue weighted by atomic mass is 10.1. The molecule has 142 valence electrons. The number of anilines is 2. The average molecular weight is 370 g/mol. The van der Waals surface area contributed by atoms with Crippen LogP contribution in [0.3, 0.4) is 0 Å². The van der Waals surface area contributed by atoms with Gasteiger partial charge in [-0.1, -0.05) is 0 Å². The van der Waals surface area contributed by atoms with E-state index in [1.807, 2.05) is 31.2 Å². The number of carbonyl (C=O) groups excluding carboxylic acids is 2. The van der Waals surface area contributed by atoms with Crippen molar-refractivity contribution in [3.05, 3.63) is 59.9 Å². The van der Waals surface area contributed by atoms with Crippen LogP contribution in [0.1, 0.15) is 24.2 Å². The molecule has 27 heavy (non-hydrogen) atoms. The lowest BCUT2D eigenvalue weighted by Gasteiger charge is -2.36. The van der Waals surface area contributed by atoms with Gasteiger partial charge in [0.15, 0.2) is 11.8 Å². The number of hydrogen-bond donors (Lipinski definition) is 2. The van der Waals surface area contributed by atoms with Crippen molar-refractivity contribution < 1.29 is 18.9 Å². The third-order valence-electron chi connectivity index (χ3n) is 5.16. The van der Waals surface area contributed by atoms with E-state index in [0.717, 1.165) is 31.9 Å². The molecule has 1 aliphatic heterocycles. The number of nitrogens with zero attached hydrogens (tertiary/aromatic N) is 1. The van der Waals surface area contributed by atoms with Gasteiger partial charge in [0.1, 0.15) is 5.82 Å². The summed E-state index contributed by atoms with van der Waals surface area (Å²) in [5, 5.41) is 2.85. The molecule has 5 nitrogen and oxygen atoms in total. The summed E-state index contributed by atoms with van der Waals surface area (Å²) in [6.45, 7) is 6.89. The molecule has 1 atom stereocenters. The van der Waals surface area contributed by atoms with Gasteiger partial charge in [-0.15, -0.1) is 0 Å². The number of rotatable bonds is 5. The van der Waals surface area contributed by atoms with E-state index in [0.29, 0.717) is 11.3 Å². The van der Waals surface area contributed by atoms with E-state index < -0.39 is 0 Å². The highest BCUT2D eigenvalue weighted by molar-refractivity contribution is 5.94. The van der Waals surface area contributed by atoms with Gasteiger partial charge in [0.2, 0.25) is 0 Å². The predicted molar refractivity (Wildman–Crippen MR) is 104 cm³/mol. The van der Waals surface area contributed by atoms with Crippen LogP contribution in [0.25, 0.3) is 0 Å². The molecule has 3 rings (SSSR count). The Morgan fingerprint density at radius 1 is 1.04 bits per heavy atom. The van der Waals surface area contributed by atoms with E-state index >= 15 is 0 Å². The average Bonchev–Trinajstić information content (AvgIpc) is 2.69. The van der Waals surface area contributed by atoms with Crippen molar-refractivity contribution in [1.82, 2.24) is 0 Å². The van der Waals surface area contributed by atoms with Gasteiger partial charge in [-0.3, -0.25) is 9.59 Å². The maximum absolute atomic E-state index is 13.0. The minimum atomic E-state index is -0.320. The Labute approximate surface area is 158 Å². The second kappa shape index (κ2) is 8.31. The van der Waals surface area contributed by atoms with Gasteiger partial charge in [-0.2, -0.15) is 0 Å². The van der Waals surface area contributed by atoms with E-state index in [4.69, 9.17) is 0 Å². The minimum Gasteiger partial charge on any atom is -0.360 e. The first kappa shape index (κ1) is 19.0. The first-order valence-electron chi connectivity index (χ1n) is 9.21. The van der Waals surface area contributed by atoms with Gasteiger partial charge in [-0.05, 0) is 62.4 Å². The van der Waals surface area contributed by atoms with Crippen LogP contribution < -0.4 is 15.1 Å². The van der Waals surface area contributed by atoms with Crippen molar-refractivity contribution in [3.63, 3.8) is 0 Å². The molecule has 1 fully saturated rings. The van der Waals surface area contributed by atoms with E-state index in [-0.39, 0.29) is 23.5 Å². The van der Waals surface area contributed by atoms with Gasteiger partial charge < -0.3 is 15.1 Å². The topological polar surface area (TPSA) is 53.9 Å². The Balaban J connectivity index is 1.53. The van der Waals surface area contributed by atoms with Crippen molar-refractivity contribution >= 4 is 23.1 Å². The van der Waals surface area contributed by atoms with Crippen LogP contribution in [0.5, 0.6) is 0 Å². The summed E-state index contributed by atoms with van der Waals surface area (Å²) in [5.41, 5.74) is 2.42. The molecule has 2 N–H and O–H groups in total. The minimum absolute atomic E-state index is 0.0594. The molecule has 1 heterocycles. The number of nitrogens with one attached hydrogen (secondary N) is 2. The van der Waals surface area contributed by atoms with Crippen molar-refractivity contribution in [2.75, 3.05) is 36.4 Å². The Hall–Kier alpha value is -2.73. The smallest absolute Gasteiger partial charge is 0.282 e. The number of piperazine rings is 1. The summed E-state index contributed by atoms with van der Waals surface area (Å²) in [6.07, 6.45) is 0. The Morgan fingerprint density at radius 2 is 1.63 bits per heavy atom. The maximum Gasteiger partial charge on any atom is 0.282 e. The third-order valence-corrected chi connectivity index (χ3v) is 5.16. The zero-order valence-corrected chi connectivity index (χ0v) is 15.7. The molecule has 0 spiro atoms. The van der Waals surface area contributed by atoms with Crippen molar-refractivity contribution in [1.29, 1.82) is 0 Å². The van der Waals surface area contributed by atoms with E-state index in [2.05, 4.69) is 10.2 Å². The molecule has 6 heteroatoms. The first-order valence-corrected chi connectivity index (χ1v) is 9.21. The van der Waals surface area contributed by atoms with Crippen LogP contribution in [0.4, 0.5) is 15.8 Å². The number of amides is 1. The Bertz CT molecular complexity index is 797. The third kappa shape index (κ3) is 4.71. The van der Waals surface area contributed by atoms with Gasteiger partial charge in [-0.25, -0.2) is 4.39 Å². The molecule has 0 aliphatic carbocycles. The lowest BCUT2D eigenvalue weighted by Crippen LogP contribution is -3.19. The fourth-order valence-electron chi connectivity index (χ4n) is 3.36. The molecule has 0 unspecified atom stereocenters. The quantitative estimate of drug-likeness (QED) is 0.789. The van der Waals surface area contributed by atoms with E-state index in [1.165, 1.54) is 17.0 Å². The van der Waals surface area contributed by atoms with Crippen LogP contribution in [0.15, 0.2) is 48.5 Å². The van der Waals surface area contributed by atoms with Gasteiger partial charge in [0.05, 0.1) is 26.2 Å². The van der Waals surface area contributed by atoms with Crippen LogP contribution >= 0.6 is 0 Å². The molecule has 2 aromatic rings. The summed E-state index contributed by atoms with van der Waals surface area (Å²) in [5.74, 6) is -0.313. The zero-order valence-electron chi connectivity index (χ0n) is 15.7. The number of Topliss-reactive ketones (excluding diaryl/α,β-unsaturated/α-hetero) is 1. The molecule has 1 saturated heterocycles. The van der Waals surface area contributed by atoms with E-state index in [9.17, 15) is 14.0 Å². The summed E-state index contributed by atoms with van der Waals surface area (Å²) in [6, 6.07) is 13.3. The van der Waals surface area contributed by atoms with Crippen molar-refractivity contribution in [2.45, 2.75) is 19.9 Å². The summed E-state index contributed by atoms with van der Waals surface area (Å²) < 4.78 is 13.0. The number of halogens is 1. The maximum atomic E-state index is 13.0. The van der Waals surface area contributed by atoms with E-state index in [1.54, 1.807) is 19.1 Å². The molecular formula is C21H25FN3O2+. The largest absolute Gasteiger partial charge is 0.360 e. The SMILES string of the molecule is CC(=O)c1ccc(N2CC[NH+]([C@H](C)C(=O)Nc3ccc(F)cc3)CC2)cc1. The molecule has 2 aromatic carbocycles. The van der Waals surface area contributed by atoms with Gasteiger partial charge in [0, 0.05) is 16.9 Å². The summed E-state index contributed by atoms with van der Waals surface area (Å²) >= 11 is 0. The van der Waals surface area contributed by atoms with Gasteiger partial charge in [0.25, 0.3) is 5.91 Å². The fourth-order valence-corrected chi connectivity index (χ4v) is 3.36. The van der Waals surface area contributed by atoms with Crippen LogP contribution in [-0.2, 0) is 4.79 Å². The highest BCUT2D eigenvalue weighted by Crippen LogP contribution is 2.15.